The van der Waals surface area contributed by atoms with Gasteiger partial charge in [0.05, 0.1) is 23.8 Å². The van der Waals surface area contributed by atoms with Gasteiger partial charge in [0.1, 0.15) is 0 Å². The summed E-state index contributed by atoms with van der Waals surface area (Å²) in [6.07, 6.45) is -0.839. The highest BCUT2D eigenvalue weighted by atomic mass is 31.2. The van der Waals surface area contributed by atoms with E-state index in [0.717, 1.165) is 0 Å². The van der Waals surface area contributed by atoms with Gasteiger partial charge >= 0.3 is 7.82 Å². The van der Waals surface area contributed by atoms with E-state index in [1.165, 1.54) is 12.1 Å². The molecule has 1 aromatic rings. The number of phenolic OH excluding ortho intramolecular Hbond substituents is 1. The summed E-state index contributed by atoms with van der Waals surface area (Å²) in [6.45, 7) is -0.109. The second-order valence-electron chi connectivity index (χ2n) is 5.89. The molecule has 11 heteroatoms. The third kappa shape index (κ3) is 2.68. The smallest absolute Gasteiger partial charge is 0.469 e. The molecule has 5 N–H and O–H groups in total. The van der Waals surface area contributed by atoms with E-state index in [1.54, 1.807) is 0 Å². The molecule has 4 rings (SSSR count). The SMILES string of the molecule is O=C1N[C@@H]2C(=C[C@H](O)C[C@H]2OP(=O)(O)O)c2cc3c(c(O)c21)OCO3. The number of aliphatic hydroxyl groups is 1. The topological polar surface area (TPSA) is 155 Å². The van der Waals surface area contributed by atoms with E-state index in [1.807, 2.05) is 0 Å². The third-order valence-electron chi connectivity index (χ3n) is 4.29. The van der Waals surface area contributed by atoms with Gasteiger partial charge < -0.3 is 34.8 Å². The Morgan fingerprint density at radius 3 is 2.80 bits per heavy atom. The Morgan fingerprint density at radius 2 is 2.08 bits per heavy atom. The normalized spacial score (nSPS) is 27.2. The standard InChI is InChI=1S/C14H14NO9P/c16-5-1-7-6-3-9-13(23-4-22-9)12(17)10(6)14(18)15-11(7)8(2-5)24-25(19,20)21/h1,3,5,8,11,16-17H,2,4H2,(H,15,18)(H2,19,20,21)/t5-,8+,11+/m0/s1. The van der Waals surface area contributed by atoms with Crippen molar-refractivity contribution < 1.29 is 43.4 Å². The molecular formula is C14H14NO9P. The van der Waals surface area contributed by atoms with Crippen LogP contribution in [0.4, 0.5) is 0 Å². The Labute approximate surface area is 140 Å². The van der Waals surface area contributed by atoms with E-state index in [2.05, 4.69) is 5.32 Å². The van der Waals surface area contributed by atoms with Crippen LogP contribution >= 0.6 is 7.82 Å². The number of fused-ring (bicyclic) bond motifs is 4. The molecule has 1 aromatic carbocycles. The van der Waals surface area contributed by atoms with E-state index < -0.39 is 37.7 Å². The number of ether oxygens (including phenoxy) is 2. The maximum absolute atomic E-state index is 12.4. The van der Waals surface area contributed by atoms with Crippen LogP contribution in [0.25, 0.3) is 5.57 Å². The molecule has 0 radical (unpaired) electrons. The van der Waals surface area contributed by atoms with Gasteiger partial charge in [-0.2, -0.15) is 0 Å². The summed E-state index contributed by atoms with van der Waals surface area (Å²) in [6, 6.07) is 0.595. The van der Waals surface area contributed by atoms with Gasteiger partial charge in [-0.1, -0.05) is 6.08 Å². The quantitative estimate of drug-likeness (QED) is 0.447. The van der Waals surface area contributed by atoms with Gasteiger partial charge in [-0.15, -0.1) is 0 Å². The number of aromatic hydroxyl groups is 1. The van der Waals surface area contributed by atoms with Gasteiger partial charge in [0, 0.05) is 12.0 Å². The lowest BCUT2D eigenvalue weighted by molar-refractivity contribution is 0.0618. The zero-order chi connectivity index (χ0) is 17.9. The highest BCUT2D eigenvalue weighted by Gasteiger charge is 2.43. The van der Waals surface area contributed by atoms with Gasteiger partial charge in [0.2, 0.25) is 12.5 Å². The van der Waals surface area contributed by atoms with E-state index >= 15 is 0 Å². The van der Waals surface area contributed by atoms with Crippen molar-refractivity contribution in [1.82, 2.24) is 5.32 Å². The van der Waals surface area contributed by atoms with Crippen LogP contribution in [0.1, 0.15) is 22.3 Å². The van der Waals surface area contributed by atoms with E-state index in [0.29, 0.717) is 5.57 Å². The molecular weight excluding hydrogens is 357 g/mol. The molecule has 0 unspecified atom stereocenters. The lowest BCUT2D eigenvalue weighted by atomic mass is 9.80. The molecule has 3 aliphatic rings. The number of rotatable bonds is 2. The highest BCUT2D eigenvalue weighted by Crippen LogP contribution is 2.50. The molecule has 0 aromatic heterocycles. The molecule has 0 fully saturated rings. The number of nitrogens with one attached hydrogen (secondary N) is 1. The van der Waals surface area contributed by atoms with Gasteiger partial charge in [-0.25, -0.2) is 4.57 Å². The van der Waals surface area contributed by atoms with Crippen molar-refractivity contribution in [2.75, 3.05) is 6.79 Å². The molecule has 0 saturated heterocycles. The van der Waals surface area contributed by atoms with E-state index in [-0.39, 0.29) is 35.8 Å². The van der Waals surface area contributed by atoms with Crippen LogP contribution < -0.4 is 14.8 Å². The van der Waals surface area contributed by atoms with E-state index in [4.69, 9.17) is 23.8 Å². The lowest BCUT2D eigenvalue weighted by Gasteiger charge is -2.38. The van der Waals surface area contributed by atoms with Crippen molar-refractivity contribution in [2.45, 2.75) is 24.7 Å². The molecule has 10 nitrogen and oxygen atoms in total. The zero-order valence-corrected chi connectivity index (χ0v) is 13.5. The minimum atomic E-state index is -4.83. The van der Waals surface area contributed by atoms with Crippen LogP contribution in [0.5, 0.6) is 17.2 Å². The first-order valence-corrected chi connectivity index (χ1v) is 8.88. The first-order chi connectivity index (χ1) is 11.7. The summed E-state index contributed by atoms with van der Waals surface area (Å²) in [5, 5.41) is 22.9. The number of amides is 1. The van der Waals surface area contributed by atoms with Crippen molar-refractivity contribution in [3.05, 3.63) is 23.3 Å². The first-order valence-electron chi connectivity index (χ1n) is 7.35. The number of hydrogen-bond acceptors (Lipinski definition) is 7. The minimum Gasteiger partial charge on any atom is -0.504 e. The van der Waals surface area contributed by atoms with Crippen LogP contribution in [0.2, 0.25) is 0 Å². The van der Waals surface area contributed by atoms with Gasteiger partial charge in [0.25, 0.3) is 5.91 Å². The largest absolute Gasteiger partial charge is 0.504 e. The van der Waals surface area contributed by atoms with Crippen LogP contribution in [-0.2, 0) is 9.09 Å². The van der Waals surface area contributed by atoms with Crippen molar-refractivity contribution >= 4 is 19.3 Å². The maximum Gasteiger partial charge on any atom is 0.469 e. The zero-order valence-electron chi connectivity index (χ0n) is 12.6. The summed E-state index contributed by atoms with van der Waals surface area (Å²) in [5.41, 5.74) is 0.602. The van der Waals surface area contributed by atoms with Crippen LogP contribution in [0, 0.1) is 0 Å². The number of hydrogen-bond donors (Lipinski definition) is 5. The molecule has 2 aliphatic heterocycles. The van der Waals surface area contributed by atoms with Crippen molar-refractivity contribution in [3.63, 3.8) is 0 Å². The van der Waals surface area contributed by atoms with Crippen LogP contribution in [0.3, 0.4) is 0 Å². The Hall–Kier alpha value is -2.10. The maximum atomic E-state index is 12.4. The summed E-state index contributed by atoms with van der Waals surface area (Å²) in [5.74, 6) is -0.761. The van der Waals surface area contributed by atoms with Crippen LogP contribution in [0.15, 0.2) is 12.1 Å². The summed E-state index contributed by atoms with van der Waals surface area (Å²) in [7, 11) is -4.83. The van der Waals surface area contributed by atoms with Gasteiger partial charge in [-0.05, 0) is 11.6 Å². The van der Waals surface area contributed by atoms with Crippen molar-refractivity contribution in [1.29, 1.82) is 0 Å². The number of phosphoric ester groups is 1. The second kappa shape index (κ2) is 5.45. The third-order valence-corrected chi connectivity index (χ3v) is 4.83. The Bertz CT molecular complexity index is 845. The number of phenols is 1. The second-order valence-corrected chi connectivity index (χ2v) is 7.08. The molecule has 1 amide bonds. The predicted octanol–water partition coefficient (Wildman–Crippen LogP) is -0.141. The number of carbonyl (C=O) groups is 1. The monoisotopic (exact) mass is 371 g/mol. The Balaban J connectivity index is 1.84. The number of aliphatic hydroxyl groups excluding tert-OH is 1. The molecule has 0 saturated carbocycles. The fraction of sp³-hybridized carbons (Fsp3) is 0.357. The highest BCUT2D eigenvalue weighted by molar-refractivity contribution is 7.46. The number of benzene rings is 1. The first kappa shape index (κ1) is 16.4. The Kier molecular flexibility index (Phi) is 3.57. The minimum absolute atomic E-state index is 0.0484. The van der Waals surface area contributed by atoms with Crippen molar-refractivity contribution in [2.24, 2.45) is 0 Å². The summed E-state index contributed by atoms with van der Waals surface area (Å²) < 4.78 is 26.3. The molecule has 3 atom stereocenters. The average molecular weight is 371 g/mol. The Morgan fingerprint density at radius 1 is 1.32 bits per heavy atom. The molecule has 0 bridgehead atoms. The number of phosphoric acid groups is 1. The van der Waals surface area contributed by atoms with E-state index in [9.17, 15) is 19.6 Å². The lowest BCUT2D eigenvalue weighted by Crippen LogP contribution is -2.51. The average Bonchev–Trinajstić information content (AvgIpc) is 2.95. The van der Waals surface area contributed by atoms with Crippen molar-refractivity contribution in [3.8, 4) is 17.2 Å². The number of carbonyl (C=O) groups excluding carboxylic acids is 1. The molecule has 25 heavy (non-hydrogen) atoms. The molecule has 2 heterocycles. The summed E-state index contributed by atoms with van der Waals surface area (Å²) >= 11 is 0. The van der Waals surface area contributed by atoms with Gasteiger partial charge in [-0.3, -0.25) is 9.32 Å². The van der Waals surface area contributed by atoms with Crippen LogP contribution in [-0.4, -0.2) is 50.9 Å². The van der Waals surface area contributed by atoms with Gasteiger partial charge in [0.15, 0.2) is 11.5 Å². The fourth-order valence-corrected chi connectivity index (χ4v) is 3.92. The molecule has 1 aliphatic carbocycles. The molecule has 134 valence electrons. The molecule has 0 spiro atoms. The fourth-order valence-electron chi connectivity index (χ4n) is 3.36. The predicted molar refractivity (Wildman–Crippen MR) is 81.0 cm³/mol. The summed E-state index contributed by atoms with van der Waals surface area (Å²) in [4.78, 5) is 30.6.